The van der Waals surface area contributed by atoms with Gasteiger partial charge in [-0.15, -0.1) is 0 Å². The summed E-state index contributed by atoms with van der Waals surface area (Å²) in [7, 11) is 0. The smallest absolute Gasteiger partial charge is 0.123 e. The Bertz CT molecular complexity index is 308. The summed E-state index contributed by atoms with van der Waals surface area (Å²) in [5.74, 6) is 0.976. The van der Waals surface area contributed by atoms with Gasteiger partial charge in [-0.3, -0.25) is 0 Å². The fraction of sp³-hybridized carbons (Fsp3) is 0.600. The maximum Gasteiger partial charge on any atom is 0.123 e. The average molecular weight is 245 g/mol. The van der Waals surface area contributed by atoms with Gasteiger partial charge >= 0.3 is 0 Å². The van der Waals surface area contributed by atoms with Gasteiger partial charge in [-0.2, -0.15) is 0 Å². The average Bonchev–Trinajstić information content (AvgIpc) is 2.59. The van der Waals surface area contributed by atoms with Gasteiger partial charge in [-0.25, -0.2) is 0 Å². The third kappa shape index (κ3) is 1.55. The molecule has 2 rings (SSSR count). The number of halogens is 1. The molecule has 3 heteroatoms. The van der Waals surface area contributed by atoms with Crippen LogP contribution in [-0.2, 0) is 5.41 Å². The van der Waals surface area contributed by atoms with Crippen LogP contribution in [-0.4, -0.2) is 11.2 Å². The molecule has 1 aromatic rings. The Labute approximate surface area is 86.1 Å². The summed E-state index contributed by atoms with van der Waals surface area (Å²) in [6, 6.07) is 1.91. The number of hydrogen-bond donors (Lipinski definition) is 1. The van der Waals surface area contributed by atoms with Crippen molar-refractivity contribution in [2.45, 2.75) is 37.7 Å². The van der Waals surface area contributed by atoms with Crippen molar-refractivity contribution in [1.82, 2.24) is 0 Å². The summed E-state index contributed by atoms with van der Waals surface area (Å²) in [4.78, 5) is 0. The van der Waals surface area contributed by atoms with Gasteiger partial charge in [0.25, 0.3) is 0 Å². The molecule has 0 aromatic carbocycles. The van der Waals surface area contributed by atoms with Crippen LogP contribution in [0.2, 0.25) is 0 Å². The second kappa shape index (κ2) is 3.14. The van der Waals surface area contributed by atoms with Crippen molar-refractivity contribution in [3.63, 3.8) is 0 Å². The lowest BCUT2D eigenvalue weighted by Gasteiger charge is -2.21. The van der Waals surface area contributed by atoms with E-state index < -0.39 is 0 Å². The maximum absolute atomic E-state index is 9.50. The first kappa shape index (κ1) is 9.28. The minimum absolute atomic E-state index is 0.0156. The fourth-order valence-corrected chi connectivity index (χ4v) is 2.82. The molecule has 1 aliphatic rings. The van der Waals surface area contributed by atoms with E-state index in [1.54, 1.807) is 6.26 Å². The monoisotopic (exact) mass is 244 g/mol. The van der Waals surface area contributed by atoms with Crippen LogP contribution in [0, 0.1) is 0 Å². The van der Waals surface area contributed by atoms with Gasteiger partial charge in [0, 0.05) is 5.41 Å². The van der Waals surface area contributed by atoms with Crippen LogP contribution in [0.3, 0.4) is 0 Å². The fourth-order valence-electron chi connectivity index (χ4n) is 2.14. The standard InChI is InChI=1S/C10H13BrO2/c1-10(4-2-7(12)6-10)9-8(11)3-5-13-9/h3,5,7,12H,2,4,6H2,1H3. The zero-order chi connectivity index (χ0) is 9.47. The van der Waals surface area contributed by atoms with Crippen LogP contribution in [0.1, 0.15) is 31.9 Å². The summed E-state index contributed by atoms with van der Waals surface area (Å²) >= 11 is 3.46. The van der Waals surface area contributed by atoms with Crippen LogP contribution in [0.4, 0.5) is 0 Å². The van der Waals surface area contributed by atoms with Crippen LogP contribution in [0.25, 0.3) is 0 Å². The van der Waals surface area contributed by atoms with Crippen molar-refractivity contribution in [3.05, 3.63) is 22.6 Å². The Morgan fingerprint density at radius 1 is 1.69 bits per heavy atom. The Hall–Kier alpha value is -0.280. The lowest BCUT2D eigenvalue weighted by Crippen LogP contribution is -2.18. The van der Waals surface area contributed by atoms with Crippen LogP contribution in [0.15, 0.2) is 21.2 Å². The molecule has 1 N–H and O–H groups in total. The van der Waals surface area contributed by atoms with E-state index in [0.717, 1.165) is 29.5 Å². The second-order valence-corrected chi connectivity index (χ2v) is 4.91. The molecule has 1 saturated carbocycles. The molecule has 2 unspecified atom stereocenters. The molecule has 1 aliphatic carbocycles. The summed E-state index contributed by atoms with van der Waals surface area (Å²) in [5, 5.41) is 9.50. The lowest BCUT2D eigenvalue weighted by molar-refractivity contribution is 0.172. The first-order chi connectivity index (χ1) is 6.12. The first-order valence-electron chi connectivity index (χ1n) is 4.53. The summed E-state index contributed by atoms with van der Waals surface area (Å²) in [6.45, 7) is 2.15. The van der Waals surface area contributed by atoms with E-state index in [4.69, 9.17) is 4.42 Å². The molecule has 1 heterocycles. The van der Waals surface area contributed by atoms with Crippen molar-refractivity contribution in [3.8, 4) is 0 Å². The number of aliphatic hydroxyl groups is 1. The van der Waals surface area contributed by atoms with Crippen LogP contribution < -0.4 is 0 Å². The van der Waals surface area contributed by atoms with Crippen molar-refractivity contribution in [2.75, 3.05) is 0 Å². The topological polar surface area (TPSA) is 33.4 Å². The molecule has 0 radical (unpaired) electrons. The van der Waals surface area contributed by atoms with Crippen molar-refractivity contribution >= 4 is 15.9 Å². The normalized spacial score (nSPS) is 33.9. The van der Waals surface area contributed by atoms with Gasteiger partial charge in [-0.05, 0) is 41.3 Å². The molecule has 0 amide bonds. The largest absolute Gasteiger partial charge is 0.468 e. The Balaban J connectivity index is 2.30. The molecule has 1 fully saturated rings. The van der Waals surface area contributed by atoms with Gasteiger partial charge < -0.3 is 9.52 Å². The Morgan fingerprint density at radius 2 is 2.46 bits per heavy atom. The zero-order valence-electron chi connectivity index (χ0n) is 7.59. The van der Waals surface area contributed by atoms with E-state index >= 15 is 0 Å². The van der Waals surface area contributed by atoms with E-state index in [2.05, 4.69) is 22.9 Å². The molecule has 0 aliphatic heterocycles. The molecule has 2 atom stereocenters. The second-order valence-electron chi connectivity index (χ2n) is 4.05. The molecule has 72 valence electrons. The molecule has 13 heavy (non-hydrogen) atoms. The molecule has 1 aromatic heterocycles. The highest BCUT2D eigenvalue weighted by Crippen LogP contribution is 2.43. The summed E-state index contributed by atoms with van der Waals surface area (Å²) < 4.78 is 6.46. The van der Waals surface area contributed by atoms with Gasteiger partial charge in [0.05, 0.1) is 16.8 Å². The summed E-state index contributed by atoms with van der Waals surface area (Å²) in [6.07, 6.45) is 4.21. The van der Waals surface area contributed by atoms with Gasteiger partial charge in [0.1, 0.15) is 5.76 Å². The minimum Gasteiger partial charge on any atom is -0.468 e. The quantitative estimate of drug-likeness (QED) is 0.825. The van der Waals surface area contributed by atoms with Crippen molar-refractivity contribution < 1.29 is 9.52 Å². The number of furan rings is 1. The minimum atomic E-state index is -0.165. The van der Waals surface area contributed by atoms with E-state index in [1.165, 1.54) is 0 Å². The molecular formula is C10H13BrO2. The highest BCUT2D eigenvalue weighted by molar-refractivity contribution is 9.10. The molecule has 2 nitrogen and oxygen atoms in total. The molecule has 0 saturated heterocycles. The van der Waals surface area contributed by atoms with Gasteiger partial charge in [-0.1, -0.05) is 6.92 Å². The van der Waals surface area contributed by atoms with Crippen LogP contribution in [0.5, 0.6) is 0 Å². The predicted molar refractivity (Wildman–Crippen MR) is 53.6 cm³/mol. The lowest BCUT2D eigenvalue weighted by atomic mass is 9.86. The maximum atomic E-state index is 9.50. The number of hydrogen-bond acceptors (Lipinski definition) is 2. The predicted octanol–water partition coefficient (Wildman–Crippen LogP) is 2.84. The number of rotatable bonds is 1. The Kier molecular flexibility index (Phi) is 2.24. The van der Waals surface area contributed by atoms with Crippen molar-refractivity contribution in [1.29, 1.82) is 0 Å². The third-order valence-corrected chi connectivity index (χ3v) is 3.51. The first-order valence-corrected chi connectivity index (χ1v) is 5.33. The summed E-state index contributed by atoms with van der Waals surface area (Å²) in [5.41, 5.74) is 0.0156. The highest BCUT2D eigenvalue weighted by atomic mass is 79.9. The van der Waals surface area contributed by atoms with Gasteiger partial charge in [0.15, 0.2) is 0 Å². The van der Waals surface area contributed by atoms with E-state index in [-0.39, 0.29) is 11.5 Å². The van der Waals surface area contributed by atoms with Gasteiger partial charge in [0.2, 0.25) is 0 Å². The van der Waals surface area contributed by atoms with Crippen molar-refractivity contribution in [2.24, 2.45) is 0 Å². The van der Waals surface area contributed by atoms with E-state index in [9.17, 15) is 5.11 Å². The SMILES string of the molecule is CC1(c2occc2Br)CCC(O)C1. The molecule has 0 bridgehead atoms. The highest BCUT2D eigenvalue weighted by Gasteiger charge is 2.39. The van der Waals surface area contributed by atoms with E-state index in [1.807, 2.05) is 6.07 Å². The Morgan fingerprint density at radius 3 is 2.92 bits per heavy atom. The molecule has 0 spiro atoms. The third-order valence-electron chi connectivity index (χ3n) is 2.88. The number of aliphatic hydroxyl groups excluding tert-OH is 1. The van der Waals surface area contributed by atoms with Crippen LogP contribution >= 0.6 is 15.9 Å². The zero-order valence-corrected chi connectivity index (χ0v) is 9.17. The molecular weight excluding hydrogens is 232 g/mol. The van der Waals surface area contributed by atoms with E-state index in [0.29, 0.717) is 0 Å².